The van der Waals surface area contributed by atoms with E-state index >= 15 is 0 Å². The highest BCUT2D eigenvalue weighted by atomic mass is 16.3. The summed E-state index contributed by atoms with van der Waals surface area (Å²) < 4.78 is 0. The number of rotatable bonds is 1. The third-order valence-corrected chi connectivity index (χ3v) is 2.14. The van der Waals surface area contributed by atoms with E-state index in [0.717, 1.165) is 12.8 Å². The number of likely N-dealkylation sites (tertiary alicyclic amines) is 1. The summed E-state index contributed by atoms with van der Waals surface area (Å²) in [4.78, 5) is 12.9. The van der Waals surface area contributed by atoms with E-state index in [0.29, 0.717) is 13.1 Å². The average Bonchev–Trinajstić information content (AvgIpc) is 2.04. The smallest absolute Gasteiger partial charge is 0.251 e. The van der Waals surface area contributed by atoms with Crippen LogP contribution in [0.15, 0.2) is 12.2 Å². The van der Waals surface area contributed by atoms with Crippen molar-refractivity contribution < 1.29 is 9.90 Å². The lowest BCUT2D eigenvalue weighted by Crippen LogP contribution is -2.41. The molecule has 0 saturated carbocycles. The van der Waals surface area contributed by atoms with Crippen molar-refractivity contribution in [2.24, 2.45) is 0 Å². The Morgan fingerprint density at radius 2 is 2.08 bits per heavy atom. The Hall–Kier alpha value is -0.830. The van der Waals surface area contributed by atoms with Gasteiger partial charge in [0.15, 0.2) is 0 Å². The largest absolute Gasteiger partial charge is 0.384 e. The van der Waals surface area contributed by atoms with E-state index in [2.05, 4.69) is 6.58 Å². The predicted octanol–water partition coefficient (Wildman–Crippen LogP) is 0.546. The SMILES string of the molecule is C=C1CCN(C(=O)[C@@H](C)O)CC1. The van der Waals surface area contributed by atoms with Crippen molar-refractivity contribution in [3.63, 3.8) is 0 Å². The molecule has 0 radical (unpaired) electrons. The van der Waals surface area contributed by atoms with Gasteiger partial charge in [-0.05, 0) is 19.8 Å². The summed E-state index contributed by atoms with van der Waals surface area (Å²) in [5.74, 6) is -0.164. The maximum Gasteiger partial charge on any atom is 0.251 e. The minimum atomic E-state index is -0.864. The van der Waals surface area contributed by atoms with E-state index in [9.17, 15) is 4.79 Å². The van der Waals surface area contributed by atoms with Crippen LogP contribution in [0, 0.1) is 0 Å². The van der Waals surface area contributed by atoms with Gasteiger partial charge in [0.1, 0.15) is 6.10 Å². The minimum Gasteiger partial charge on any atom is -0.384 e. The zero-order valence-corrected chi connectivity index (χ0v) is 7.42. The minimum absolute atomic E-state index is 0.164. The van der Waals surface area contributed by atoms with Gasteiger partial charge in [-0.1, -0.05) is 12.2 Å². The van der Waals surface area contributed by atoms with E-state index in [1.807, 2.05) is 0 Å². The number of hydrogen-bond donors (Lipinski definition) is 1. The lowest BCUT2D eigenvalue weighted by atomic mass is 10.1. The Morgan fingerprint density at radius 1 is 1.58 bits per heavy atom. The Bertz CT molecular complexity index is 189. The van der Waals surface area contributed by atoms with Crippen LogP contribution >= 0.6 is 0 Å². The molecule has 0 aromatic rings. The second-order valence-corrected chi connectivity index (χ2v) is 3.25. The summed E-state index contributed by atoms with van der Waals surface area (Å²) in [6.07, 6.45) is 0.882. The van der Waals surface area contributed by atoms with E-state index in [4.69, 9.17) is 5.11 Å². The fraction of sp³-hybridized carbons (Fsp3) is 0.667. The lowest BCUT2D eigenvalue weighted by Gasteiger charge is -2.28. The fourth-order valence-corrected chi connectivity index (χ4v) is 1.31. The first kappa shape index (κ1) is 9.26. The summed E-state index contributed by atoms with van der Waals surface area (Å²) >= 11 is 0. The van der Waals surface area contributed by atoms with Gasteiger partial charge < -0.3 is 10.0 Å². The predicted molar refractivity (Wildman–Crippen MR) is 46.6 cm³/mol. The highest BCUT2D eigenvalue weighted by Gasteiger charge is 2.20. The van der Waals surface area contributed by atoms with Crippen LogP contribution in [-0.4, -0.2) is 35.1 Å². The van der Waals surface area contributed by atoms with Crippen molar-refractivity contribution in [3.05, 3.63) is 12.2 Å². The molecule has 1 rings (SSSR count). The van der Waals surface area contributed by atoms with Crippen molar-refractivity contribution >= 4 is 5.91 Å². The Labute approximate surface area is 72.7 Å². The van der Waals surface area contributed by atoms with Crippen LogP contribution < -0.4 is 0 Å². The van der Waals surface area contributed by atoms with Gasteiger partial charge in [0.2, 0.25) is 0 Å². The number of carbonyl (C=O) groups is 1. The van der Waals surface area contributed by atoms with Gasteiger partial charge in [-0.15, -0.1) is 0 Å². The zero-order chi connectivity index (χ0) is 9.14. The van der Waals surface area contributed by atoms with E-state index in [-0.39, 0.29) is 5.91 Å². The summed E-state index contributed by atoms with van der Waals surface area (Å²) in [7, 11) is 0. The van der Waals surface area contributed by atoms with Crippen LogP contribution in [-0.2, 0) is 4.79 Å². The molecular formula is C9H15NO2. The first-order valence-electron chi connectivity index (χ1n) is 4.25. The van der Waals surface area contributed by atoms with Gasteiger partial charge in [0, 0.05) is 13.1 Å². The summed E-state index contributed by atoms with van der Waals surface area (Å²) in [6, 6.07) is 0. The number of hydrogen-bond acceptors (Lipinski definition) is 2. The van der Waals surface area contributed by atoms with Crippen LogP contribution in [0.5, 0.6) is 0 Å². The molecule has 1 heterocycles. The molecular weight excluding hydrogens is 154 g/mol. The molecule has 1 fully saturated rings. The summed E-state index contributed by atoms with van der Waals surface area (Å²) in [5.41, 5.74) is 1.20. The van der Waals surface area contributed by atoms with Gasteiger partial charge in [-0.2, -0.15) is 0 Å². The van der Waals surface area contributed by atoms with Gasteiger partial charge in [0.25, 0.3) is 5.91 Å². The molecule has 0 aliphatic carbocycles. The molecule has 1 N–H and O–H groups in total. The molecule has 1 aliphatic rings. The van der Waals surface area contributed by atoms with Gasteiger partial charge in [-0.25, -0.2) is 0 Å². The van der Waals surface area contributed by atoms with Crippen molar-refractivity contribution in [2.45, 2.75) is 25.9 Å². The van der Waals surface area contributed by atoms with E-state index in [1.54, 1.807) is 4.90 Å². The van der Waals surface area contributed by atoms with Crippen LogP contribution in [0.2, 0.25) is 0 Å². The second-order valence-electron chi connectivity index (χ2n) is 3.25. The molecule has 68 valence electrons. The first-order chi connectivity index (χ1) is 5.61. The molecule has 1 aliphatic heterocycles. The highest BCUT2D eigenvalue weighted by Crippen LogP contribution is 2.14. The monoisotopic (exact) mass is 169 g/mol. The van der Waals surface area contributed by atoms with Crippen molar-refractivity contribution in [1.82, 2.24) is 4.90 Å². The van der Waals surface area contributed by atoms with Crippen LogP contribution in [0.4, 0.5) is 0 Å². The quantitative estimate of drug-likeness (QED) is 0.582. The second kappa shape index (κ2) is 3.72. The third-order valence-electron chi connectivity index (χ3n) is 2.14. The molecule has 0 aromatic carbocycles. The first-order valence-corrected chi connectivity index (χ1v) is 4.25. The third kappa shape index (κ3) is 2.08. The Kier molecular flexibility index (Phi) is 2.87. The zero-order valence-electron chi connectivity index (χ0n) is 7.42. The fourth-order valence-electron chi connectivity index (χ4n) is 1.31. The maximum absolute atomic E-state index is 11.3. The van der Waals surface area contributed by atoms with Crippen molar-refractivity contribution in [1.29, 1.82) is 0 Å². The number of nitrogens with zero attached hydrogens (tertiary/aromatic N) is 1. The molecule has 0 bridgehead atoms. The molecule has 1 amide bonds. The Morgan fingerprint density at radius 3 is 2.50 bits per heavy atom. The standard InChI is InChI=1S/C9H15NO2/c1-7-3-5-10(6-4-7)9(12)8(2)11/h8,11H,1,3-6H2,2H3/t8-/m1/s1. The number of carbonyl (C=O) groups excluding carboxylic acids is 1. The summed E-state index contributed by atoms with van der Waals surface area (Å²) in [6.45, 7) is 6.78. The van der Waals surface area contributed by atoms with Gasteiger partial charge in [-0.3, -0.25) is 4.79 Å². The van der Waals surface area contributed by atoms with E-state index < -0.39 is 6.10 Å². The van der Waals surface area contributed by atoms with Gasteiger partial charge in [0.05, 0.1) is 0 Å². The molecule has 1 saturated heterocycles. The number of amides is 1. The van der Waals surface area contributed by atoms with Crippen molar-refractivity contribution in [3.8, 4) is 0 Å². The topological polar surface area (TPSA) is 40.5 Å². The summed E-state index contributed by atoms with van der Waals surface area (Å²) in [5, 5.41) is 9.03. The molecule has 0 aromatic heterocycles. The molecule has 3 nitrogen and oxygen atoms in total. The lowest BCUT2D eigenvalue weighted by molar-refractivity contribution is -0.139. The normalized spacial score (nSPS) is 20.8. The molecule has 0 unspecified atom stereocenters. The molecule has 3 heteroatoms. The van der Waals surface area contributed by atoms with Gasteiger partial charge >= 0.3 is 0 Å². The Balaban J connectivity index is 2.44. The molecule has 0 spiro atoms. The van der Waals surface area contributed by atoms with Crippen LogP contribution in [0.1, 0.15) is 19.8 Å². The van der Waals surface area contributed by atoms with Crippen LogP contribution in [0.25, 0.3) is 0 Å². The molecule has 1 atom stereocenters. The number of aliphatic hydroxyl groups excluding tert-OH is 1. The number of piperidine rings is 1. The molecule has 12 heavy (non-hydrogen) atoms. The van der Waals surface area contributed by atoms with Crippen LogP contribution in [0.3, 0.4) is 0 Å². The highest BCUT2D eigenvalue weighted by molar-refractivity contribution is 5.80. The maximum atomic E-state index is 11.3. The van der Waals surface area contributed by atoms with E-state index in [1.165, 1.54) is 12.5 Å². The average molecular weight is 169 g/mol. The number of aliphatic hydroxyl groups is 1. The van der Waals surface area contributed by atoms with Crippen molar-refractivity contribution in [2.75, 3.05) is 13.1 Å².